The molecule has 0 bridgehead atoms. The lowest BCUT2D eigenvalue weighted by molar-refractivity contribution is -0.119. The number of carbonyl (C=O) groups is 2. The highest BCUT2D eigenvalue weighted by Gasteiger charge is 2.32. The molecule has 0 aliphatic carbocycles. The molecule has 2 N–H and O–H groups in total. The van der Waals surface area contributed by atoms with Crippen molar-refractivity contribution >= 4 is 39.6 Å². The lowest BCUT2D eigenvalue weighted by Gasteiger charge is -2.17. The number of benzene rings is 2. The number of likely N-dealkylation sites (tertiary alicyclic amines) is 1. The van der Waals surface area contributed by atoms with E-state index in [1.807, 2.05) is 25.1 Å². The first-order chi connectivity index (χ1) is 15.3. The van der Waals surface area contributed by atoms with E-state index in [4.69, 9.17) is 0 Å². The Hall–Kier alpha value is -3.88. The van der Waals surface area contributed by atoms with Crippen molar-refractivity contribution in [2.45, 2.75) is 13.3 Å². The molecule has 2 amide bonds. The summed E-state index contributed by atoms with van der Waals surface area (Å²) in [6, 6.07) is 10.8. The lowest BCUT2D eigenvalue weighted by Crippen LogP contribution is -2.31. The molecule has 32 heavy (non-hydrogen) atoms. The van der Waals surface area contributed by atoms with Crippen LogP contribution < -0.4 is 11.0 Å². The quantitative estimate of drug-likeness (QED) is 0.518. The van der Waals surface area contributed by atoms with E-state index in [0.717, 1.165) is 22.4 Å². The monoisotopic (exact) mass is 432 g/mol. The van der Waals surface area contributed by atoms with Crippen molar-refractivity contribution in [1.82, 2.24) is 24.0 Å². The number of nitrogens with zero attached hydrogens (tertiary/aromatic N) is 4. The number of aromatic amines is 1. The fourth-order valence-corrected chi connectivity index (χ4v) is 4.44. The van der Waals surface area contributed by atoms with E-state index in [0.29, 0.717) is 36.3 Å². The summed E-state index contributed by atoms with van der Waals surface area (Å²) in [4.78, 5) is 47.2. The van der Waals surface area contributed by atoms with E-state index in [-0.39, 0.29) is 23.4 Å². The standard InChI is InChI=1S/C23H24N6O3/c1-13-24-17-6-5-16(11-18(17)25-13)26-21(30)15-8-9-29(12-15)22(31)14-4-7-19-20(10-14)28(3)23(32)27(19)2/h4-7,10-11,15H,8-9,12H2,1-3H3,(H,24,25)(H,26,30). The number of anilines is 1. The Bertz CT molecular complexity index is 1440. The maximum absolute atomic E-state index is 13.1. The van der Waals surface area contributed by atoms with Crippen LogP contribution in [0.2, 0.25) is 0 Å². The summed E-state index contributed by atoms with van der Waals surface area (Å²) in [6.45, 7) is 2.76. The van der Waals surface area contributed by atoms with Gasteiger partial charge in [0.05, 0.1) is 28.0 Å². The zero-order chi connectivity index (χ0) is 22.6. The fourth-order valence-electron chi connectivity index (χ4n) is 4.44. The van der Waals surface area contributed by atoms with Gasteiger partial charge in [-0.05, 0) is 49.7 Å². The summed E-state index contributed by atoms with van der Waals surface area (Å²) in [5.74, 6) is 0.315. The molecule has 2 aromatic carbocycles. The topological polar surface area (TPSA) is 105 Å². The number of fused-ring (bicyclic) bond motifs is 2. The van der Waals surface area contributed by atoms with Gasteiger partial charge in [-0.25, -0.2) is 9.78 Å². The number of hydrogen-bond acceptors (Lipinski definition) is 4. The molecule has 4 aromatic rings. The molecule has 3 heterocycles. The molecule has 0 radical (unpaired) electrons. The highest BCUT2D eigenvalue weighted by atomic mass is 16.2. The van der Waals surface area contributed by atoms with Gasteiger partial charge in [0.25, 0.3) is 5.91 Å². The molecule has 0 spiro atoms. The molecule has 1 saturated heterocycles. The molecule has 1 unspecified atom stereocenters. The minimum absolute atomic E-state index is 0.100. The summed E-state index contributed by atoms with van der Waals surface area (Å²) in [5, 5.41) is 2.96. The van der Waals surface area contributed by atoms with E-state index in [1.165, 1.54) is 4.57 Å². The first kappa shape index (κ1) is 20.0. The zero-order valence-electron chi connectivity index (χ0n) is 18.2. The predicted octanol–water partition coefficient (Wildman–Crippen LogP) is 2.16. The highest BCUT2D eigenvalue weighted by molar-refractivity contribution is 5.99. The van der Waals surface area contributed by atoms with Crippen molar-refractivity contribution in [3.05, 3.63) is 58.3 Å². The van der Waals surface area contributed by atoms with Crippen LogP contribution in [0.25, 0.3) is 22.1 Å². The predicted molar refractivity (Wildman–Crippen MR) is 122 cm³/mol. The summed E-state index contributed by atoms with van der Waals surface area (Å²) < 4.78 is 3.09. The Morgan fingerprint density at radius 2 is 1.88 bits per heavy atom. The molecule has 9 nitrogen and oxygen atoms in total. The first-order valence-corrected chi connectivity index (χ1v) is 10.5. The second kappa shape index (κ2) is 7.37. The van der Waals surface area contributed by atoms with Gasteiger partial charge < -0.3 is 15.2 Å². The summed E-state index contributed by atoms with van der Waals surface area (Å²) in [5.41, 5.74) is 4.29. The minimum atomic E-state index is -0.275. The van der Waals surface area contributed by atoms with Crippen molar-refractivity contribution in [2.75, 3.05) is 18.4 Å². The number of hydrogen-bond donors (Lipinski definition) is 2. The van der Waals surface area contributed by atoms with Crippen LogP contribution in [0.15, 0.2) is 41.2 Å². The van der Waals surface area contributed by atoms with Crippen molar-refractivity contribution in [1.29, 1.82) is 0 Å². The van der Waals surface area contributed by atoms with Crippen LogP contribution in [0.4, 0.5) is 5.69 Å². The van der Waals surface area contributed by atoms with Gasteiger partial charge in [0.2, 0.25) is 5.91 Å². The molecule has 1 fully saturated rings. The van der Waals surface area contributed by atoms with Gasteiger partial charge in [0.15, 0.2) is 0 Å². The van der Waals surface area contributed by atoms with E-state index in [9.17, 15) is 14.4 Å². The van der Waals surface area contributed by atoms with Gasteiger partial charge in [-0.1, -0.05) is 0 Å². The van der Waals surface area contributed by atoms with Crippen LogP contribution in [0.5, 0.6) is 0 Å². The van der Waals surface area contributed by atoms with Gasteiger partial charge in [0.1, 0.15) is 5.82 Å². The van der Waals surface area contributed by atoms with E-state index < -0.39 is 0 Å². The third kappa shape index (κ3) is 3.26. The third-order valence-electron chi connectivity index (χ3n) is 6.23. The molecule has 1 aliphatic rings. The van der Waals surface area contributed by atoms with Crippen LogP contribution in [-0.2, 0) is 18.9 Å². The smallest absolute Gasteiger partial charge is 0.328 e. The summed E-state index contributed by atoms with van der Waals surface area (Å²) >= 11 is 0. The molecule has 0 saturated carbocycles. The molecule has 5 rings (SSSR count). The van der Waals surface area contributed by atoms with Crippen LogP contribution in [-0.4, -0.2) is 48.9 Å². The maximum atomic E-state index is 13.1. The number of amides is 2. The molecule has 2 aromatic heterocycles. The lowest BCUT2D eigenvalue weighted by atomic mass is 10.1. The SMILES string of the molecule is Cc1nc2ccc(NC(=O)C3CCN(C(=O)c4ccc5c(c4)n(C)c(=O)n5C)C3)cc2[nH]1. The number of aryl methyl sites for hydroxylation is 3. The highest BCUT2D eigenvalue weighted by Crippen LogP contribution is 2.23. The number of imidazole rings is 2. The van der Waals surface area contributed by atoms with Crippen molar-refractivity contribution in [3.8, 4) is 0 Å². The number of rotatable bonds is 3. The van der Waals surface area contributed by atoms with Crippen molar-refractivity contribution in [3.63, 3.8) is 0 Å². The number of H-pyrrole nitrogens is 1. The summed E-state index contributed by atoms with van der Waals surface area (Å²) in [6.07, 6.45) is 0.606. The minimum Gasteiger partial charge on any atom is -0.342 e. The second-order valence-corrected chi connectivity index (χ2v) is 8.38. The molecule has 164 valence electrons. The van der Waals surface area contributed by atoms with Gasteiger partial charge in [0, 0.05) is 38.4 Å². The average molecular weight is 432 g/mol. The Kier molecular flexibility index (Phi) is 4.61. The third-order valence-corrected chi connectivity index (χ3v) is 6.23. The van der Waals surface area contributed by atoms with Crippen LogP contribution >= 0.6 is 0 Å². The fraction of sp³-hybridized carbons (Fsp3) is 0.304. The van der Waals surface area contributed by atoms with Gasteiger partial charge in [-0.3, -0.25) is 18.7 Å². The van der Waals surface area contributed by atoms with Gasteiger partial charge >= 0.3 is 5.69 Å². The van der Waals surface area contributed by atoms with E-state index in [2.05, 4.69) is 15.3 Å². The van der Waals surface area contributed by atoms with Crippen molar-refractivity contribution < 1.29 is 9.59 Å². The number of aromatic nitrogens is 4. The largest absolute Gasteiger partial charge is 0.342 e. The zero-order valence-corrected chi connectivity index (χ0v) is 18.2. The number of carbonyl (C=O) groups excluding carboxylic acids is 2. The Morgan fingerprint density at radius 3 is 2.69 bits per heavy atom. The average Bonchev–Trinajstić information content (AvgIpc) is 3.47. The first-order valence-electron chi connectivity index (χ1n) is 10.5. The van der Waals surface area contributed by atoms with Crippen molar-refractivity contribution in [2.24, 2.45) is 20.0 Å². The molecule has 9 heteroatoms. The Labute approximate surface area is 183 Å². The van der Waals surface area contributed by atoms with E-state index in [1.54, 1.807) is 41.8 Å². The van der Waals surface area contributed by atoms with Crippen LogP contribution in [0.3, 0.4) is 0 Å². The molecule has 1 atom stereocenters. The normalized spacial score (nSPS) is 16.2. The van der Waals surface area contributed by atoms with E-state index >= 15 is 0 Å². The van der Waals surface area contributed by atoms with Gasteiger partial charge in [-0.2, -0.15) is 0 Å². The van der Waals surface area contributed by atoms with Crippen LogP contribution in [0, 0.1) is 12.8 Å². The Balaban J connectivity index is 1.29. The molecular formula is C23H24N6O3. The second-order valence-electron chi connectivity index (χ2n) is 8.38. The molecule has 1 aliphatic heterocycles. The van der Waals surface area contributed by atoms with Gasteiger partial charge in [-0.15, -0.1) is 0 Å². The maximum Gasteiger partial charge on any atom is 0.328 e. The summed E-state index contributed by atoms with van der Waals surface area (Å²) in [7, 11) is 3.40. The van der Waals surface area contributed by atoms with Crippen LogP contribution in [0.1, 0.15) is 22.6 Å². The Morgan fingerprint density at radius 1 is 1.09 bits per heavy atom. The molecular weight excluding hydrogens is 408 g/mol. The number of nitrogens with one attached hydrogen (secondary N) is 2.